The summed E-state index contributed by atoms with van der Waals surface area (Å²) in [5.74, 6) is -1.09. The summed E-state index contributed by atoms with van der Waals surface area (Å²) >= 11 is 0. The molecule has 0 aromatic heterocycles. The van der Waals surface area contributed by atoms with Gasteiger partial charge in [-0.2, -0.15) is 0 Å². The summed E-state index contributed by atoms with van der Waals surface area (Å²) in [5.41, 5.74) is 8.18. The van der Waals surface area contributed by atoms with Crippen molar-refractivity contribution in [3.63, 3.8) is 0 Å². The average Bonchev–Trinajstić information content (AvgIpc) is 2.53. The van der Waals surface area contributed by atoms with E-state index in [0.29, 0.717) is 13.1 Å². The van der Waals surface area contributed by atoms with Gasteiger partial charge in [-0.3, -0.25) is 9.59 Å². The van der Waals surface area contributed by atoms with E-state index in [-0.39, 0.29) is 18.7 Å². The van der Waals surface area contributed by atoms with E-state index in [1.807, 2.05) is 24.3 Å². The molecule has 0 aliphatic carbocycles. The second-order valence-electron chi connectivity index (χ2n) is 5.17. The molecule has 0 bridgehead atoms. The van der Waals surface area contributed by atoms with Crippen LogP contribution < -0.4 is 5.73 Å². The summed E-state index contributed by atoms with van der Waals surface area (Å²) in [5, 5.41) is 8.63. The maximum Gasteiger partial charge on any atom is 0.303 e. The van der Waals surface area contributed by atoms with Crippen LogP contribution in [-0.4, -0.2) is 41.0 Å². The Labute approximate surface area is 124 Å². The molecule has 1 amide bonds. The van der Waals surface area contributed by atoms with Crippen molar-refractivity contribution in [2.24, 2.45) is 5.73 Å². The number of nitrogens with zero attached hydrogens (tertiary/aromatic N) is 1. The minimum Gasteiger partial charge on any atom is -0.481 e. The number of carboxylic acid groups (broad SMARTS) is 1. The molecule has 5 nitrogen and oxygen atoms in total. The fraction of sp³-hybridized carbons (Fsp3) is 0.375. The van der Waals surface area contributed by atoms with Crippen LogP contribution in [0, 0.1) is 0 Å². The SMILES string of the molecule is NC(CCC(=O)O)C(=O)N1CC=C(c2ccccc2)CC1. The van der Waals surface area contributed by atoms with E-state index < -0.39 is 12.0 Å². The monoisotopic (exact) mass is 288 g/mol. The van der Waals surface area contributed by atoms with Crippen molar-refractivity contribution in [1.82, 2.24) is 4.90 Å². The Kier molecular flexibility index (Phi) is 5.11. The third-order valence-electron chi connectivity index (χ3n) is 3.65. The number of carboxylic acids is 1. The second-order valence-corrected chi connectivity index (χ2v) is 5.17. The molecule has 0 spiro atoms. The Hall–Kier alpha value is -2.14. The van der Waals surface area contributed by atoms with Crippen molar-refractivity contribution in [2.75, 3.05) is 13.1 Å². The van der Waals surface area contributed by atoms with Crippen LogP contribution in [-0.2, 0) is 9.59 Å². The van der Waals surface area contributed by atoms with Gasteiger partial charge in [-0.1, -0.05) is 36.4 Å². The topological polar surface area (TPSA) is 83.6 Å². The summed E-state index contributed by atoms with van der Waals surface area (Å²) in [6.45, 7) is 1.16. The molecule has 3 N–H and O–H groups in total. The zero-order valence-electron chi connectivity index (χ0n) is 11.9. The van der Waals surface area contributed by atoms with Gasteiger partial charge in [-0.15, -0.1) is 0 Å². The Bertz CT molecular complexity index is 540. The minimum atomic E-state index is -0.928. The summed E-state index contributed by atoms with van der Waals surface area (Å²) in [4.78, 5) is 24.3. The van der Waals surface area contributed by atoms with E-state index in [2.05, 4.69) is 12.1 Å². The second kappa shape index (κ2) is 7.04. The molecule has 5 heteroatoms. The molecule has 21 heavy (non-hydrogen) atoms. The predicted octanol–water partition coefficient (Wildman–Crippen LogP) is 1.49. The van der Waals surface area contributed by atoms with Crippen molar-refractivity contribution in [3.8, 4) is 0 Å². The lowest BCUT2D eigenvalue weighted by molar-refractivity contribution is -0.137. The van der Waals surface area contributed by atoms with Crippen molar-refractivity contribution in [1.29, 1.82) is 0 Å². The number of hydrogen-bond donors (Lipinski definition) is 2. The number of hydrogen-bond acceptors (Lipinski definition) is 3. The fourth-order valence-electron chi connectivity index (χ4n) is 2.42. The van der Waals surface area contributed by atoms with Crippen LogP contribution in [0.3, 0.4) is 0 Å². The lowest BCUT2D eigenvalue weighted by atomic mass is 9.99. The first kappa shape index (κ1) is 15.3. The number of rotatable bonds is 5. The quantitative estimate of drug-likeness (QED) is 0.860. The maximum atomic E-state index is 12.1. The summed E-state index contributed by atoms with van der Waals surface area (Å²) in [6, 6.07) is 9.35. The van der Waals surface area contributed by atoms with Crippen LogP contribution in [0.5, 0.6) is 0 Å². The first-order chi connectivity index (χ1) is 10.1. The molecule has 112 valence electrons. The molecule has 1 aromatic rings. The standard InChI is InChI=1S/C16H20N2O3/c17-14(6-7-15(19)20)16(21)18-10-8-13(9-11-18)12-4-2-1-3-5-12/h1-5,8,14H,6-7,9-11,17H2,(H,19,20). The van der Waals surface area contributed by atoms with Gasteiger partial charge in [0.2, 0.25) is 5.91 Å². The van der Waals surface area contributed by atoms with Gasteiger partial charge in [0.25, 0.3) is 0 Å². The van der Waals surface area contributed by atoms with E-state index >= 15 is 0 Å². The van der Waals surface area contributed by atoms with Gasteiger partial charge in [-0.05, 0) is 24.0 Å². The highest BCUT2D eigenvalue weighted by atomic mass is 16.4. The van der Waals surface area contributed by atoms with E-state index in [0.717, 1.165) is 6.42 Å². The van der Waals surface area contributed by atoms with E-state index in [9.17, 15) is 9.59 Å². The van der Waals surface area contributed by atoms with Crippen molar-refractivity contribution in [3.05, 3.63) is 42.0 Å². The van der Waals surface area contributed by atoms with E-state index in [1.54, 1.807) is 4.90 Å². The number of amides is 1. The number of nitrogens with two attached hydrogens (primary N) is 1. The van der Waals surface area contributed by atoms with Crippen molar-refractivity contribution in [2.45, 2.75) is 25.3 Å². The zero-order chi connectivity index (χ0) is 15.2. The lowest BCUT2D eigenvalue weighted by Crippen LogP contribution is -2.45. The van der Waals surface area contributed by atoms with Gasteiger partial charge in [0, 0.05) is 19.5 Å². The Morgan fingerprint density at radius 1 is 1.29 bits per heavy atom. The van der Waals surface area contributed by atoms with Crippen LogP contribution in [0.4, 0.5) is 0 Å². The van der Waals surface area contributed by atoms with Crippen molar-refractivity contribution >= 4 is 17.4 Å². The van der Waals surface area contributed by atoms with Crippen molar-refractivity contribution < 1.29 is 14.7 Å². The van der Waals surface area contributed by atoms with Crippen LogP contribution in [0.15, 0.2) is 36.4 Å². The molecular weight excluding hydrogens is 268 g/mol. The highest BCUT2D eigenvalue weighted by Gasteiger charge is 2.23. The molecule has 1 aliphatic heterocycles. The van der Waals surface area contributed by atoms with E-state index in [1.165, 1.54) is 11.1 Å². The molecule has 0 fully saturated rings. The van der Waals surface area contributed by atoms with Crippen LogP contribution in [0.25, 0.3) is 5.57 Å². The fourth-order valence-corrected chi connectivity index (χ4v) is 2.42. The smallest absolute Gasteiger partial charge is 0.303 e. The molecule has 0 saturated heterocycles. The normalized spacial score (nSPS) is 16.2. The predicted molar refractivity (Wildman–Crippen MR) is 80.5 cm³/mol. The average molecular weight is 288 g/mol. The van der Waals surface area contributed by atoms with Crippen LogP contribution >= 0.6 is 0 Å². The summed E-state index contributed by atoms with van der Waals surface area (Å²) in [7, 11) is 0. The molecule has 1 unspecified atom stereocenters. The molecule has 1 aliphatic rings. The van der Waals surface area contributed by atoms with Gasteiger partial charge >= 0.3 is 5.97 Å². The maximum absolute atomic E-state index is 12.1. The summed E-state index contributed by atoms with van der Waals surface area (Å²) < 4.78 is 0. The molecule has 1 atom stereocenters. The Balaban J connectivity index is 1.92. The van der Waals surface area contributed by atoms with Gasteiger partial charge in [0.1, 0.15) is 0 Å². The third-order valence-corrected chi connectivity index (χ3v) is 3.65. The molecular formula is C16H20N2O3. The van der Waals surface area contributed by atoms with Gasteiger partial charge in [-0.25, -0.2) is 0 Å². The zero-order valence-corrected chi connectivity index (χ0v) is 11.9. The number of carbonyl (C=O) groups excluding carboxylic acids is 1. The first-order valence-corrected chi connectivity index (χ1v) is 7.08. The van der Waals surface area contributed by atoms with Gasteiger partial charge in [0.15, 0.2) is 0 Å². The molecule has 0 radical (unpaired) electrons. The summed E-state index contributed by atoms with van der Waals surface area (Å²) in [6.07, 6.45) is 2.94. The number of aliphatic carboxylic acids is 1. The largest absolute Gasteiger partial charge is 0.481 e. The third kappa shape index (κ3) is 4.16. The number of benzene rings is 1. The Morgan fingerprint density at radius 2 is 2.00 bits per heavy atom. The first-order valence-electron chi connectivity index (χ1n) is 7.08. The van der Waals surface area contributed by atoms with Crippen LogP contribution in [0.2, 0.25) is 0 Å². The Morgan fingerprint density at radius 3 is 2.57 bits per heavy atom. The molecule has 2 rings (SSSR count). The van der Waals surface area contributed by atoms with Gasteiger partial charge in [0.05, 0.1) is 6.04 Å². The number of carbonyl (C=O) groups is 2. The molecule has 1 aromatic carbocycles. The van der Waals surface area contributed by atoms with Gasteiger partial charge < -0.3 is 15.7 Å². The lowest BCUT2D eigenvalue weighted by Gasteiger charge is -2.28. The highest BCUT2D eigenvalue weighted by Crippen LogP contribution is 2.22. The molecule has 1 heterocycles. The highest BCUT2D eigenvalue weighted by molar-refractivity contribution is 5.83. The van der Waals surface area contributed by atoms with E-state index in [4.69, 9.17) is 10.8 Å². The van der Waals surface area contributed by atoms with Crippen LogP contribution in [0.1, 0.15) is 24.8 Å². The molecule has 0 saturated carbocycles. The minimum absolute atomic E-state index is 0.0775.